The monoisotopic (exact) mass is 1050 g/mol. The number of allylic oxidation sites excluding steroid dienone is 2. The van der Waals surface area contributed by atoms with E-state index in [1.165, 1.54) is 27.8 Å². The zero-order chi connectivity index (χ0) is 46.1. The summed E-state index contributed by atoms with van der Waals surface area (Å²) >= 11 is 0. The molecule has 3 heterocycles. The third kappa shape index (κ3) is 8.52. The van der Waals surface area contributed by atoms with E-state index in [0.29, 0.717) is 11.5 Å². The standard InChI is InChI=1S/C60H61N4O.Pt/c1-40-41(2)63(39-62(40)47-27-21-26-44(32-47)57(3,4)5)48-33-46(60(11,12)43-24-17-14-18-25-43)34-49(36-48)65-50-37-52(58(6,7)8)56-51-28-19-20-29-53(51)64(54(56)38-50)55-35-45(30-31-61-55)59(9,10)42-22-15-13-16-23-42;/h13-35,37,39H,1-12H3;/q-3;. The molecule has 2 aromatic heterocycles. The van der Waals surface area contributed by atoms with Crippen LogP contribution in [-0.4, -0.2) is 9.55 Å². The Bertz CT molecular complexity index is 3090. The number of aromatic nitrogens is 2. The average molecular weight is 1050 g/mol. The Morgan fingerprint density at radius 3 is 1.77 bits per heavy atom. The van der Waals surface area contributed by atoms with Gasteiger partial charge in [-0.1, -0.05) is 171 Å². The summed E-state index contributed by atoms with van der Waals surface area (Å²) in [5.74, 6) is 2.08. The Balaban J connectivity index is 0.00000592. The summed E-state index contributed by atoms with van der Waals surface area (Å²) in [5, 5.41) is 2.31. The fraction of sp³-hybridized carbons (Fsp3) is 0.267. The SMILES string of the molecule is CC1=C(C)N(c2cccc(C(C)(C)C)c2)[CH-]N1c1[c-]c(Oc2[c-]c3c(c(C(C)(C)C)c2)c2ccccc2n3-c2cc(C(C)(C)c3ccccc3)ccn2)cc(C(C)(C)c2ccccc2)c1.[Pt]. The minimum atomic E-state index is -0.350. The first-order chi connectivity index (χ1) is 30.8. The van der Waals surface area contributed by atoms with Crippen LogP contribution in [0.2, 0.25) is 0 Å². The van der Waals surface area contributed by atoms with Crippen LogP contribution in [-0.2, 0) is 42.7 Å². The van der Waals surface area contributed by atoms with E-state index in [2.05, 4.69) is 256 Å². The van der Waals surface area contributed by atoms with Gasteiger partial charge in [0.05, 0.1) is 0 Å². The Kier molecular flexibility index (Phi) is 12.3. The van der Waals surface area contributed by atoms with Gasteiger partial charge in [-0.2, -0.15) is 0 Å². The second kappa shape index (κ2) is 17.4. The van der Waals surface area contributed by atoms with Gasteiger partial charge in [-0.25, -0.2) is 4.98 Å². The smallest absolute Gasteiger partial charge is 0.135 e. The van der Waals surface area contributed by atoms with Gasteiger partial charge in [0.1, 0.15) is 5.82 Å². The first-order valence-corrected chi connectivity index (χ1v) is 22.9. The van der Waals surface area contributed by atoms with Crippen LogP contribution < -0.4 is 14.5 Å². The molecule has 0 fully saturated rings. The van der Waals surface area contributed by atoms with Crippen molar-refractivity contribution in [3.05, 3.63) is 209 Å². The van der Waals surface area contributed by atoms with E-state index in [-0.39, 0.29) is 42.7 Å². The van der Waals surface area contributed by atoms with Gasteiger partial charge in [0.2, 0.25) is 0 Å². The number of benzene rings is 6. The Morgan fingerprint density at radius 2 is 1.12 bits per heavy atom. The van der Waals surface area contributed by atoms with Crippen LogP contribution in [0.3, 0.4) is 0 Å². The predicted molar refractivity (Wildman–Crippen MR) is 271 cm³/mol. The molecule has 340 valence electrons. The van der Waals surface area contributed by atoms with E-state index in [1.54, 1.807) is 0 Å². The number of fused-ring (bicyclic) bond motifs is 3. The molecule has 1 aliphatic heterocycles. The third-order valence-corrected chi connectivity index (χ3v) is 13.7. The molecular weight excluding hydrogens is 988 g/mol. The topological polar surface area (TPSA) is 33.5 Å². The second-order valence-electron chi connectivity index (χ2n) is 20.8. The van der Waals surface area contributed by atoms with Crippen molar-refractivity contribution in [3.63, 3.8) is 0 Å². The van der Waals surface area contributed by atoms with Crippen LogP contribution in [0.4, 0.5) is 11.4 Å². The summed E-state index contributed by atoms with van der Waals surface area (Å²) in [6.45, 7) is 29.3. The molecule has 0 atom stereocenters. The summed E-state index contributed by atoms with van der Waals surface area (Å²) in [7, 11) is 0. The summed E-state index contributed by atoms with van der Waals surface area (Å²) < 4.78 is 9.39. The van der Waals surface area contributed by atoms with Crippen molar-refractivity contribution in [1.82, 2.24) is 9.55 Å². The molecule has 0 bridgehead atoms. The Hall–Kier alpha value is -5.90. The van der Waals surface area contributed by atoms with E-state index in [0.717, 1.165) is 56.0 Å². The van der Waals surface area contributed by atoms with Gasteiger partial charge >= 0.3 is 0 Å². The molecular formula is C60H61N4OPt-3. The molecule has 6 aromatic carbocycles. The first kappa shape index (κ1) is 46.6. The maximum absolute atomic E-state index is 7.13. The number of anilines is 2. The Labute approximate surface area is 407 Å². The fourth-order valence-electron chi connectivity index (χ4n) is 9.30. The van der Waals surface area contributed by atoms with Crippen LogP contribution in [0.5, 0.6) is 11.5 Å². The summed E-state index contributed by atoms with van der Waals surface area (Å²) in [4.78, 5) is 9.59. The summed E-state index contributed by atoms with van der Waals surface area (Å²) in [6.07, 6.45) is 1.94. The maximum Gasteiger partial charge on any atom is 0.135 e. The second-order valence-corrected chi connectivity index (χ2v) is 20.8. The van der Waals surface area contributed by atoms with Gasteiger partial charge in [0.25, 0.3) is 0 Å². The van der Waals surface area contributed by atoms with Crippen molar-refractivity contribution in [2.24, 2.45) is 0 Å². The van der Waals surface area contributed by atoms with E-state index in [4.69, 9.17) is 9.72 Å². The van der Waals surface area contributed by atoms with Crippen LogP contribution >= 0.6 is 0 Å². The quantitative estimate of drug-likeness (QED) is 0.135. The average Bonchev–Trinajstić information content (AvgIpc) is 3.78. The molecule has 0 spiro atoms. The molecule has 9 rings (SSSR count). The normalized spacial score (nSPS) is 13.8. The molecule has 6 heteroatoms. The van der Waals surface area contributed by atoms with Crippen molar-refractivity contribution < 1.29 is 25.8 Å². The van der Waals surface area contributed by atoms with Crippen molar-refractivity contribution in [3.8, 4) is 17.3 Å². The van der Waals surface area contributed by atoms with Gasteiger partial charge in [-0.15, -0.1) is 53.8 Å². The zero-order valence-electron chi connectivity index (χ0n) is 40.4. The number of pyridine rings is 1. The van der Waals surface area contributed by atoms with Crippen molar-refractivity contribution in [1.29, 1.82) is 0 Å². The molecule has 0 radical (unpaired) electrons. The minimum absolute atomic E-state index is 0. The molecule has 0 saturated heterocycles. The van der Waals surface area contributed by atoms with Crippen LogP contribution in [0.25, 0.3) is 27.6 Å². The zero-order valence-corrected chi connectivity index (χ0v) is 42.7. The van der Waals surface area contributed by atoms with E-state index in [1.807, 2.05) is 6.20 Å². The number of nitrogens with zero attached hydrogens (tertiary/aromatic N) is 4. The molecule has 66 heavy (non-hydrogen) atoms. The minimum Gasteiger partial charge on any atom is -0.509 e. The molecule has 0 unspecified atom stereocenters. The number of ether oxygens (including phenoxy) is 1. The van der Waals surface area contributed by atoms with Gasteiger partial charge < -0.3 is 19.1 Å². The molecule has 0 amide bonds. The summed E-state index contributed by atoms with van der Waals surface area (Å²) in [6, 6.07) is 57.5. The van der Waals surface area contributed by atoms with Crippen LogP contribution in [0.15, 0.2) is 157 Å². The molecule has 1 aliphatic rings. The number of hydrogen-bond acceptors (Lipinski definition) is 4. The van der Waals surface area contributed by atoms with Gasteiger partial charge in [-0.3, -0.25) is 0 Å². The van der Waals surface area contributed by atoms with Crippen molar-refractivity contribution in [2.45, 2.75) is 105 Å². The third-order valence-electron chi connectivity index (χ3n) is 13.7. The fourth-order valence-corrected chi connectivity index (χ4v) is 9.30. The van der Waals surface area contributed by atoms with Crippen LogP contribution in [0.1, 0.15) is 116 Å². The molecule has 0 aliphatic carbocycles. The van der Waals surface area contributed by atoms with E-state index < -0.39 is 0 Å². The largest absolute Gasteiger partial charge is 0.509 e. The Morgan fingerprint density at radius 1 is 0.530 bits per heavy atom. The maximum atomic E-state index is 7.13. The molecule has 0 N–H and O–H groups in total. The van der Waals surface area contributed by atoms with Gasteiger partial charge in [0, 0.05) is 66.8 Å². The van der Waals surface area contributed by atoms with Crippen molar-refractivity contribution in [2.75, 3.05) is 9.80 Å². The van der Waals surface area contributed by atoms with Gasteiger partial charge in [0.15, 0.2) is 0 Å². The van der Waals surface area contributed by atoms with E-state index >= 15 is 0 Å². The van der Waals surface area contributed by atoms with Gasteiger partial charge in [-0.05, 0) is 88.1 Å². The summed E-state index contributed by atoms with van der Waals surface area (Å²) in [5.41, 5.74) is 12.8. The predicted octanol–water partition coefficient (Wildman–Crippen LogP) is 15.5. The molecule has 0 saturated carbocycles. The first-order valence-electron chi connectivity index (χ1n) is 22.9. The number of para-hydroxylation sites is 1. The number of rotatable bonds is 9. The van der Waals surface area contributed by atoms with Crippen LogP contribution in [0, 0.1) is 18.8 Å². The molecule has 5 nitrogen and oxygen atoms in total. The van der Waals surface area contributed by atoms with E-state index in [9.17, 15) is 0 Å². The molecule has 8 aromatic rings. The van der Waals surface area contributed by atoms with Crippen molar-refractivity contribution >= 4 is 33.2 Å². The number of hydrogen-bond donors (Lipinski definition) is 0.